The summed E-state index contributed by atoms with van der Waals surface area (Å²) < 4.78 is 37.8. The first-order valence-corrected chi connectivity index (χ1v) is 6.30. The molecule has 19 heavy (non-hydrogen) atoms. The molecule has 0 saturated carbocycles. The zero-order valence-electron chi connectivity index (χ0n) is 10.1. The van der Waals surface area contributed by atoms with Crippen LogP contribution in [0.25, 0.3) is 0 Å². The van der Waals surface area contributed by atoms with E-state index in [0.29, 0.717) is 15.8 Å². The highest BCUT2D eigenvalue weighted by molar-refractivity contribution is 9.10. The van der Waals surface area contributed by atoms with Gasteiger partial charge >= 0.3 is 0 Å². The Hall–Kier alpha value is -1.62. The van der Waals surface area contributed by atoms with Gasteiger partial charge in [-0.1, -0.05) is 12.1 Å². The molecule has 2 aromatic carbocycles. The Morgan fingerprint density at radius 2 is 1.89 bits per heavy atom. The van der Waals surface area contributed by atoms with Gasteiger partial charge < -0.3 is 9.47 Å². The molecule has 2 rings (SSSR count). The topological polar surface area (TPSA) is 18.5 Å². The molecule has 0 aliphatic rings. The van der Waals surface area contributed by atoms with Gasteiger partial charge in [-0.25, -0.2) is 8.78 Å². The number of hydrogen-bond donors (Lipinski definition) is 0. The van der Waals surface area contributed by atoms with Crippen LogP contribution in [0.15, 0.2) is 40.9 Å². The van der Waals surface area contributed by atoms with Crippen molar-refractivity contribution in [3.63, 3.8) is 0 Å². The SMILES string of the molecule is COc1cccc(COc2cc(F)ccc2Br)c1F. The van der Waals surface area contributed by atoms with Gasteiger partial charge in [-0.2, -0.15) is 0 Å². The smallest absolute Gasteiger partial charge is 0.171 e. The highest BCUT2D eigenvalue weighted by Gasteiger charge is 2.10. The van der Waals surface area contributed by atoms with E-state index >= 15 is 0 Å². The summed E-state index contributed by atoms with van der Waals surface area (Å²) >= 11 is 3.24. The first-order valence-electron chi connectivity index (χ1n) is 5.51. The lowest BCUT2D eigenvalue weighted by Crippen LogP contribution is -2.01. The van der Waals surface area contributed by atoms with Crippen molar-refractivity contribution < 1.29 is 18.3 Å². The molecule has 0 amide bonds. The van der Waals surface area contributed by atoms with Crippen molar-refractivity contribution in [3.8, 4) is 11.5 Å². The molecule has 0 aliphatic heterocycles. The summed E-state index contributed by atoms with van der Waals surface area (Å²) in [6.45, 7) is -0.00884. The quantitative estimate of drug-likeness (QED) is 0.832. The van der Waals surface area contributed by atoms with Crippen LogP contribution in [0.3, 0.4) is 0 Å². The Kier molecular flexibility index (Phi) is 4.37. The summed E-state index contributed by atoms with van der Waals surface area (Å²) in [5.74, 6) is -0.413. The Morgan fingerprint density at radius 3 is 2.63 bits per heavy atom. The van der Waals surface area contributed by atoms with Crippen LogP contribution in [0.5, 0.6) is 11.5 Å². The van der Waals surface area contributed by atoms with Crippen molar-refractivity contribution in [1.29, 1.82) is 0 Å². The average molecular weight is 329 g/mol. The van der Waals surface area contributed by atoms with Crippen LogP contribution in [0.4, 0.5) is 8.78 Å². The van der Waals surface area contributed by atoms with Crippen LogP contribution in [0.2, 0.25) is 0 Å². The predicted molar refractivity (Wildman–Crippen MR) is 71.4 cm³/mol. The third-order valence-corrected chi connectivity index (χ3v) is 3.19. The average Bonchev–Trinajstić information content (AvgIpc) is 2.41. The van der Waals surface area contributed by atoms with Crippen molar-refractivity contribution in [2.24, 2.45) is 0 Å². The lowest BCUT2D eigenvalue weighted by atomic mass is 10.2. The predicted octanol–water partition coefficient (Wildman–Crippen LogP) is 4.31. The van der Waals surface area contributed by atoms with E-state index < -0.39 is 11.6 Å². The van der Waals surface area contributed by atoms with Crippen LogP contribution < -0.4 is 9.47 Å². The molecule has 0 unspecified atom stereocenters. The molecule has 0 aromatic heterocycles. The second kappa shape index (κ2) is 6.02. The van der Waals surface area contributed by atoms with Gasteiger partial charge in [-0.15, -0.1) is 0 Å². The Balaban J connectivity index is 2.17. The van der Waals surface area contributed by atoms with Crippen molar-refractivity contribution in [1.82, 2.24) is 0 Å². The summed E-state index contributed by atoms with van der Waals surface area (Å²) in [6.07, 6.45) is 0. The molecule has 0 radical (unpaired) electrons. The Labute approximate surface area is 118 Å². The second-order valence-corrected chi connectivity index (χ2v) is 4.65. The molecule has 0 aliphatic carbocycles. The van der Waals surface area contributed by atoms with Gasteiger partial charge in [0.15, 0.2) is 11.6 Å². The van der Waals surface area contributed by atoms with Crippen LogP contribution >= 0.6 is 15.9 Å². The van der Waals surface area contributed by atoms with E-state index in [2.05, 4.69) is 15.9 Å². The molecule has 0 saturated heterocycles. The fraction of sp³-hybridized carbons (Fsp3) is 0.143. The zero-order chi connectivity index (χ0) is 13.8. The van der Waals surface area contributed by atoms with Crippen molar-refractivity contribution in [2.45, 2.75) is 6.61 Å². The van der Waals surface area contributed by atoms with Gasteiger partial charge in [0.2, 0.25) is 0 Å². The van der Waals surface area contributed by atoms with Crippen molar-refractivity contribution in [3.05, 3.63) is 58.1 Å². The van der Waals surface area contributed by atoms with E-state index in [4.69, 9.17) is 9.47 Å². The molecule has 100 valence electrons. The number of benzene rings is 2. The first kappa shape index (κ1) is 13.8. The van der Waals surface area contributed by atoms with Gasteiger partial charge in [0.25, 0.3) is 0 Å². The lowest BCUT2D eigenvalue weighted by molar-refractivity contribution is 0.292. The van der Waals surface area contributed by atoms with Crippen molar-refractivity contribution in [2.75, 3.05) is 7.11 Å². The molecule has 5 heteroatoms. The molecule has 0 fully saturated rings. The van der Waals surface area contributed by atoms with Gasteiger partial charge in [-0.05, 0) is 34.1 Å². The van der Waals surface area contributed by atoms with E-state index in [9.17, 15) is 8.78 Å². The lowest BCUT2D eigenvalue weighted by Gasteiger charge is -2.10. The summed E-state index contributed by atoms with van der Waals surface area (Å²) in [5, 5.41) is 0. The molecule has 2 nitrogen and oxygen atoms in total. The normalized spacial score (nSPS) is 10.3. The van der Waals surface area contributed by atoms with Gasteiger partial charge in [0.05, 0.1) is 11.6 Å². The van der Waals surface area contributed by atoms with Crippen LogP contribution in [-0.2, 0) is 6.61 Å². The maximum absolute atomic E-state index is 13.9. The molecule has 0 N–H and O–H groups in total. The molecular formula is C14H11BrF2O2. The fourth-order valence-corrected chi connectivity index (χ4v) is 1.93. The maximum Gasteiger partial charge on any atom is 0.171 e. The standard InChI is InChI=1S/C14H11BrF2O2/c1-18-12-4-2-3-9(14(12)17)8-19-13-7-10(16)5-6-11(13)15/h2-7H,8H2,1H3. The first-order chi connectivity index (χ1) is 9.11. The van der Waals surface area contributed by atoms with Crippen molar-refractivity contribution >= 4 is 15.9 Å². The summed E-state index contributed by atoms with van der Waals surface area (Å²) in [7, 11) is 1.40. The van der Waals surface area contributed by atoms with E-state index in [1.54, 1.807) is 12.1 Å². The third kappa shape index (κ3) is 3.23. The summed E-state index contributed by atoms with van der Waals surface area (Å²) in [6, 6.07) is 8.86. The third-order valence-electron chi connectivity index (χ3n) is 2.54. The monoisotopic (exact) mass is 328 g/mol. The zero-order valence-corrected chi connectivity index (χ0v) is 11.7. The molecular weight excluding hydrogens is 318 g/mol. The number of halogens is 3. The van der Waals surface area contributed by atoms with Gasteiger partial charge in [0.1, 0.15) is 18.2 Å². The minimum absolute atomic E-state index is 0.00884. The van der Waals surface area contributed by atoms with Crippen LogP contribution in [0.1, 0.15) is 5.56 Å². The molecule has 0 heterocycles. The number of rotatable bonds is 4. The highest BCUT2D eigenvalue weighted by Crippen LogP contribution is 2.27. The minimum atomic E-state index is -0.475. The minimum Gasteiger partial charge on any atom is -0.494 e. The largest absolute Gasteiger partial charge is 0.494 e. The van der Waals surface area contributed by atoms with E-state index in [1.807, 2.05) is 0 Å². The maximum atomic E-state index is 13.9. The fourth-order valence-electron chi connectivity index (χ4n) is 1.57. The van der Waals surface area contributed by atoms with E-state index in [0.717, 1.165) is 0 Å². The summed E-state index contributed by atoms with van der Waals surface area (Å²) in [4.78, 5) is 0. The number of ether oxygens (including phenoxy) is 2. The summed E-state index contributed by atoms with van der Waals surface area (Å²) in [5.41, 5.74) is 0.343. The van der Waals surface area contributed by atoms with Crippen LogP contribution in [0, 0.1) is 11.6 Å². The van der Waals surface area contributed by atoms with Gasteiger partial charge in [0, 0.05) is 11.6 Å². The van der Waals surface area contributed by atoms with Gasteiger partial charge in [-0.3, -0.25) is 0 Å². The molecule has 0 spiro atoms. The molecule has 0 bridgehead atoms. The number of methoxy groups -OCH3 is 1. The van der Waals surface area contributed by atoms with E-state index in [-0.39, 0.29) is 12.4 Å². The second-order valence-electron chi connectivity index (χ2n) is 3.80. The molecule has 2 aromatic rings. The number of hydrogen-bond acceptors (Lipinski definition) is 2. The highest BCUT2D eigenvalue weighted by atomic mass is 79.9. The Morgan fingerprint density at radius 1 is 1.11 bits per heavy atom. The van der Waals surface area contributed by atoms with E-state index in [1.165, 1.54) is 31.4 Å². The molecule has 0 atom stereocenters. The van der Waals surface area contributed by atoms with Crippen LogP contribution in [-0.4, -0.2) is 7.11 Å². The Bertz CT molecular complexity index is 588.